The first-order valence-corrected chi connectivity index (χ1v) is 11.5. The lowest BCUT2D eigenvalue weighted by Gasteiger charge is -2.43. The summed E-state index contributed by atoms with van der Waals surface area (Å²) in [6.45, 7) is 3.97. The molecule has 1 aromatic carbocycles. The number of benzene rings is 1. The molecule has 6 nitrogen and oxygen atoms in total. The molecule has 4 rings (SSSR count). The summed E-state index contributed by atoms with van der Waals surface area (Å²) in [5.74, 6) is -1.15. The Hall–Kier alpha value is -2.79. The predicted octanol–water partition coefficient (Wildman–Crippen LogP) is 5.14. The number of nitrogens with zero attached hydrogens (tertiary/aromatic N) is 2. The molecule has 164 valence electrons. The minimum atomic E-state index is -0.738. The maximum Gasteiger partial charge on any atom is 0.280 e. The van der Waals surface area contributed by atoms with Gasteiger partial charge < -0.3 is 5.73 Å². The first-order valence-electron chi connectivity index (χ1n) is 9.88. The first-order chi connectivity index (χ1) is 15.1. The third-order valence-corrected chi connectivity index (χ3v) is 7.04. The number of amides is 1. The van der Waals surface area contributed by atoms with Crippen LogP contribution in [0.4, 0.5) is 0 Å². The number of hydrogen-bond donors (Lipinski definition) is 2. The maximum absolute atomic E-state index is 13.4. The van der Waals surface area contributed by atoms with Gasteiger partial charge in [0.2, 0.25) is 0 Å². The number of rotatable bonds is 3. The molecule has 0 bridgehead atoms. The molecule has 2 heterocycles. The Morgan fingerprint density at radius 1 is 1.31 bits per heavy atom. The van der Waals surface area contributed by atoms with Crippen molar-refractivity contribution < 1.29 is 9.59 Å². The van der Waals surface area contributed by atoms with Crippen molar-refractivity contribution in [2.24, 2.45) is 11.1 Å². The van der Waals surface area contributed by atoms with E-state index in [9.17, 15) is 14.9 Å². The molecule has 2 aromatic rings. The molecule has 0 saturated heterocycles. The van der Waals surface area contributed by atoms with Gasteiger partial charge >= 0.3 is 0 Å². The molecule has 9 heteroatoms. The van der Waals surface area contributed by atoms with E-state index in [1.165, 1.54) is 16.3 Å². The van der Waals surface area contributed by atoms with Gasteiger partial charge in [-0.2, -0.15) is 5.26 Å². The highest BCUT2D eigenvalue weighted by Gasteiger charge is 2.45. The predicted molar refractivity (Wildman–Crippen MR) is 125 cm³/mol. The first kappa shape index (κ1) is 22.4. The molecule has 1 aliphatic heterocycles. The summed E-state index contributed by atoms with van der Waals surface area (Å²) in [6.07, 6.45) is 0.790. The number of hydrazine groups is 1. The van der Waals surface area contributed by atoms with Gasteiger partial charge in [-0.15, -0.1) is 11.3 Å². The highest BCUT2D eigenvalue weighted by Crippen LogP contribution is 2.49. The van der Waals surface area contributed by atoms with Gasteiger partial charge in [0.1, 0.15) is 5.82 Å². The molecule has 1 unspecified atom stereocenters. The zero-order valence-corrected chi connectivity index (χ0v) is 19.7. The fourth-order valence-corrected chi connectivity index (χ4v) is 5.38. The molecule has 0 fully saturated rings. The van der Waals surface area contributed by atoms with Crippen molar-refractivity contribution >= 4 is 46.2 Å². The van der Waals surface area contributed by atoms with Crippen LogP contribution >= 0.6 is 34.5 Å². The molecular weight excluding hydrogens is 467 g/mol. The van der Waals surface area contributed by atoms with Crippen molar-refractivity contribution in [1.82, 2.24) is 10.4 Å². The van der Waals surface area contributed by atoms with Crippen LogP contribution in [-0.2, 0) is 4.79 Å². The number of carbonyl (C=O) groups is 2. The maximum atomic E-state index is 13.4. The summed E-state index contributed by atoms with van der Waals surface area (Å²) in [7, 11) is 0. The zero-order valence-electron chi connectivity index (χ0n) is 17.4. The number of nitrogens with two attached hydrogens (primary N) is 1. The van der Waals surface area contributed by atoms with E-state index in [0.29, 0.717) is 44.6 Å². The van der Waals surface area contributed by atoms with Crippen LogP contribution in [-0.4, -0.2) is 16.7 Å². The highest BCUT2D eigenvalue weighted by atomic mass is 35.5. The van der Waals surface area contributed by atoms with Crippen LogP contribution in [0.3, 0.4) is 0 Å². The number of halogens is 2. The zero-order chi connectivity index (χ0) is 23.2. The van der Waals surface area contributed by atoms with Crippen LogP contribution in [0.1, 0.15) is 47.8 Å². The van der Waals surface area contributed by atoms with Gasteiger partial charge in [0.05, 0.1) is 28.1 Å². The Labute approximate surface area is 199 Å². The average Bonchev–Trinajstić information content (AvgIpc) is 3.24. The molecular formula is C23H20Cl2N4O2S. The third kappa shape index (κ3) is 3.90. The molecule has 1 aromatic heterocycles. The number of ketones is 1. The standard InChI is InChI=1S/C23H20Cl2N4O2S/c1-23(2)9-16-20(17(30)10-23)19(13-6-5-12(24)8-15(13)25)14(11-26)21(27)29(16)28-22(31)18-4-3-7-32-18/h3-8,19H,9-10,27H2,1-2H3,(H,28,31). The number of hydrogen-bond acceptors (Lipinski definition) is 6. The summed E-state index contributed by atoms with van der Waals surface area (Å²) in [5, 5.41) is 14.0. The van der Waals surface area contributed by atoms with Crippen LogP contribution in [0, 0.1) is 16.7 Å². The summed E-state index contributed by atoms with van der Waals surface area (Å²) in [4.78, 5) is 26.7. The van der Waals surface area contributed by atoms with Gasteiger partial charge in [0.25, 0.3) is 5.91 Å². The van der Waals surface area contributed by atoms with Gasteiger partial charge in [-0.05, 0) is 41.0 Å². The van der Waals surface area contributed by atoms with Crippen molar-refractivity contribution in [3.05, 3.63) is 78.9 Å². The average molecular weight is 487 g/mol. The minimum absolute atomic E-state index is 0.0673. The van der Waals surface area contributed by atoms with Crippen molar-refractivity contribution in [3.8, 4) is 6.07 Å². The van der Waals surface area contributed by atoms with E-state index in [4.69, 9.17) is 28.9 Å². The monoisotopic (exact) mass is 486 g/mol. The third-order valence-electron chi connectivity index (χ3n) is 5.61. The lowest BCUT2D eigenvalue weighted by Crippen LogP contribution is -2.49. The van der Waals surface area contributed by atoms with E-state index >= 15 is 0 Å². The second-order valence-electron chi connectivity index (χ2n) is 8.56. The van der Waals surface area contributed by atoms with E-state index in [1.807, 2.05) is 13.8 Å². The largest absolute Gasteiger partial charge is 0.383 e. The lowest BCUT2D eigenvalue weighted by atomic mass is 9.69. The fraction of sp³-hybridized carbons (Fsp3) is 0.261. The molecule has 1 aliphatic carbocycles. The van der Waals surface area contributed by atoms with Gasteiger partial charge in [-0.3, -0.25) is 15.0 Å². The Morgan fingerprint density at radius 3 is 2.69 bits per heavy atom. The van der Waals surface area contributed by atoms with Crippen LogP contribution < -0.4 is 11.2 Å². The second kappa shape index (κ2) is 8.28. The van der Waals surface area contributed by atoms with Crippen molar-refractivity contribution in [2.45, 2.75) is 32.6 Å². The van der Waals surface area contributed by atoms with Crippen molar-refractivity contribution in [3.63, 3.8) is 0 Å². The van der Waals surface area contributed by atoms with Gasteiger partial charge in [-0.25, -0.2) is 5.01 Å². The number of allylic oxidation sites excluding steroid dienone is 3. The summed E-state index contributed by atoms with van der Waals surface area (Å²) >= 11 is 13.8. The Kier molecular flexibility index (Phi) is 5.80. The Bertz CT molecular complexity index is 1230. The van der Waals surface area contributed by atoms with E-state index < -0.39 is 5.92 Å². The quantitative estimate of drug-likeness (QED) is 0.625. The van der Waals surface area contributed by atoms with E-state index in [-0.39, 0.29) is 28.5 Å². The number of Topliss-reactive ketones (excluding diaryl/α,β-unsaturated/α-hetero) is 1. The van der Waals surface area contributed by atoms with Crippen LogP contribution in [0.15, 0.2) is 58.4 Å². The molecule has 1 amide bonds. The van der Waals surface area contributed by atoms with Gasteiger partial charge in [-0.1, -0.05) is 49.2 Å². The van der Waals surface area contributed by atoms with Crippen LogP contribution in [0.2, 0.25) is 10.0 Å². The smallest absolute Gasteiger partial charge is 0.280 e. The minimum Gasteiger partial charge on any atom is -0.383 e. The van der Waals surface area contributed by atoms with Gasteiger partial charge in [0.15, 0.2) is 5.78 Å². The SMILES string of the molecule is CC1(C)CC(=O)C2=C(C1)N(NC(=O)c1cccs1)C(N)=C(C#N)C2c1ccc(Cl)cc1Cl. The molecule has 0 radical (unpaired) electrons. The molecule has 0 spiro atoms. The lowest BCUT2D eigenvalue weighted by molar-refractivity contribution is -0.118. The topological polar surface area (TPSA) is 99.2 Å². The number of carbonyl (C=O) groups excluding carboxylic acids is 2. The fourth-order valence-electron chi connectivity index (χ4n) is 4.25. The summed E-state index contributed by atoms with van der Waals surface area (Å²) in [6, 6.07) is 10.5. The molecule has 1 atom stereocenters. The van der Waals surface area contributed by atoms with Gasteiger partial charge in [0, 0.05) is 22.0 Å². The Morgan fingerprint density at radius 2 is 2.06 bits per heavy atom. The Balaban J connectivity index is 1.90. The normalized spacial score (nSPS) is 20.2. The molecule has 0 saturated carbocycles. The van der Waals surface area contributed by atoms with E-state index in [2.05, 4.69) is 11.5 Å². The van der Waals surface area contributed by atoms with E-state index in [0.717, 1.165) is 0 Å². The number of thiophene rings is 1. The number of nitrogens with one attached hydrogen (secondary N) is 1. The highest BCUT2D eigenvalue weighted by molar-refractivity contribution is 7.12. The number of nitriles is 1. The van der Waals surface area contributed by atoms with E-state index in [1.54, 1.807) is 35.7 Å². The second-order valence-corrected chi connectivity index (χ2v) is 10.4. The van der Waals surface area contributed by atoms with Crippen LogP contribution in [0.5, 0.6) is 0 Å². The molecule has 3 N–H and O–H groups in total. The molecule has 2 aliphatic rings. The van der Waals surface area contributed by atoms with Crippen LogP contribution in [0.25, 0.3) is 0 Å². The molecule has 32 heavy (non-hydrogen) atoms. The van der Waals surface area contributed by atoms with Crippen molar-refractivity contribution in [1.29, 1.82) is 5.26 Å². The van der Waals surface area contributed by atoms with Crippen molar-refractivity contribution in [2.75, 3.05) is 0 Å². The summed E-state index contributed by atoms with van der Waals surface area (Å²) < 4.78 is 0. The summed E-state index contributed by atoms with van der Waals surface area (Å²) in [5.41, 5.74) is 10.6.